The van der Waals surface area contributed by atoms with Gasteiger partial charge in [0.05, 0.1) is 30.9 Å². The van der Waals surface area contributed by atoms with Crippen LogP contribution in [0.25, 0.3) is 0 Å². The molecule has 9 nitrogen and oxygen atoms in total. The highest BCUT2D eigenvalue weighted by Gasteiger charge is 2.35. The summed E-state index contributed by atoms with van der Waals surface area (Å²) < 4.78 is 55.2. The molecule has 3 N–H and O–H groups in total. The Bertz CT molecular complexity index is 1250. The zero-order valence-electron chi connectivity index (χ0n) is 19.9. The minimum atomic E-state index is -4.61. The minimum Gasteiger partial charge on any atom is -0.493 e. The molecule has 1 aliphatic rings. The van der Waals surface area contributed by atoms with Crippen molar-refractivity contribution in [2.75, 3.05) is 25.6 Å². The van der Waals surface area contributed by atoms with E-state index in [4.69, 9.17) is 25.8 Å². The van der Waals surface area contributed by atoms with Crippen LogP contribution in [0.2, 0.25) is 5.02 Å². The molecule has 3 amide bonds. The van der Waals surface area contributed by atoms with E-state index in [-0.39, 0.29) is 45.6 Å². The lowest BCUT2D eigenvalue weighted by Gasteiger charge is -2.30. The number of hydrogen-bond acceptors (Lipinski definition) is 6. The highest BCUT2D eigenvalue weighted by atomic mass is 35.5. The van der Waals surface area contributed by atoms with E-state index < -0.39 is 42.3 Å². The molecule has 1 atom stereocenters. The van der Waals surface area contributed by atoms with Crippen LogP contribution < -0.4 is 25.4 Å². The lowest BCUT2D eigenvalue weighted by molar-refractivity contribution is -0.145. The fourth-order valence-corrected chi connectivity index (χ4v) is 3.86. The molecule has 37 heavy (non-hydrogen) atoms. The van der Waals surface area contributed by atoms with Gasteiger partial charge in [-0.05, 0) is 38.1 Å². The number of benzene rings is 2. The van der Waals surface area contributed by atoms with Crippen LogP contribution in [0.1, 0.15) is 31.0 Å². The van der Waals surface area contributed by atoms with Gasteiger partial charge < -0.3 is 30.2 Å². The highest BCUT2D eigenvalue weighted by molar-refractivity contribution is 6.31. The second kappa shape index (κ2) is 11.4. The van der Waals surface area contributed by atoms with Gasteiger partial charge in [0.25, 0.3) is 5.91 Å². The fourth-order valence-electron chi connectivity index (χ4n) is 3.64. The van der Waals surface area contributed by atoms with Gasteiger partial charge in [-0.1, -0.05) is 17.7 Å². The van der Waals surface area contributed by atoms with Crippen LogP contribution in [0.5, 0.6) is 11.5 Å². The Morgan fingerprint density at radius 3 is 2.57 bits per heavy atom. The van der Waals surface area contributed by atoms with E-state index in [0.29, 0.717) is 0 Å². The number of anilines is 1. The number of hydrogen-bond donors (Lipinski definition) is 3. The molecule has 2 aromatic carbocycles. The number of alkyl halides is 3. The van der Waals surface area contributed by atoms with Crippen LogP contribution in [0.3, 0.4) is 0 Å². The van der Waals surface area contributed by atoms with Crippen molar-refractivity contribution in [2.45, 2.75) is 26.1 Å². The third kappa shape index (κ3) is 6.64. The molecule has 0 saturated heterocycles. The van der Waals surface area contributed by atoms with Crippen molar-refractivity contribution in [3.63, 3.8) is 0 Å². The monoisotopic (exact) mass is 541 g/mol. The number of carbonyl (C=O) groups is 3. The van der Waals surface area contributed by atoms with Crippen LogP contribution >= 0.6 is 11.6 Å². The van der Waals surface area contributed by atoms with E-state index in [1.165, 1.54) is 32.2 Å². The van der Waals surface area contributed by atoms with Crippen molar-refractivity contribution < 1.29 is 41.8 Å². The van der Waals surface area contributed by atoms with Crippen molar-refractivity contribution in [1.82, 2.24) is 10.6 Å². The summed E-state index contributed by atoms with van der Waals surface area (Å²) in [7, 11) is 1.33. The van der Waals surface area contributed by atoms with Crippen molar-refractivity contribution in [3.05, 3.63) is 63.8 Å². The number of carbonyl (C=O) groups excluding carboxylic acids is 3. The number of rotatable bonds is 8. The number of nitrogens with one attached hydrogen (secondary N) is 3. The van der Waals surface area contributed by atoms with Crippen molar-refractivity contribution in [2.24, 2.45) is 0 Å². The van der Waals surface area contributed by atoms with Crippen molar-refractivity contribution >= 4 is 35.2 Å². The number of urea groups is 1. The van der Waals surface area contributed by atoms with E-state index in [1.807, 2.05) is 0 Å². The van der Waals surface area contributed by atoms with Crippen molar-refractivity contribution in [3.8, 4) is 11.5 Å². The Balaban J connectivity index is 2.04. The molecule has 1 aliphatic heterocycles. The van der Waals surface area contributed by atoms with Gasteiger partial charge in [-0.15, -0.1) is 0 Å². The molecule has 3 rings (SSSR count). The first kappa shape index (κ1) is 27.7. The third-order valence-corrected chi connectivity index (χ3v) is 5.40. The average molecular weight is 542 g/mol. The van der Waals surface area contributed by atoms with Crippen LogP contribution in [0.15, 0.2) is 47.7 Å². The molecule has 0 aromatic heterocycles. The molecule has 0 radical (unpaired) electrons. The Morgan fingerprint density at radius 2 is 1.92 bits per heavy atom. The fraction of sp³-hybridized carbons (Fsp3) is 0.292. The van der Waals surface area contributed by atoms with E-state index in [9.17, 15) is 27.6 Å². The van der Waals surface area contributed by atoms with Gasteiger partial charge in [0.2, 0.25) is 0 Å². The second-order valence-electron chi connectivity index (χ2n) is 7.72. The predicted octanol–water partition coefficient (Wildman–Crippen LogP) is 4.58. The van der Waals surface area contributed by atoms with E-state index in [0.717, 1.165) is 18.2 Å². The average Bonchev–Trinajstić information content (AvgIpc) is 2.81. The highest BCUT2D eigenvalue weighted by Crippen LogP contribution is 2.42. The van der Waals surface area contributed by atoms with E-state index in [2.05, 4.69) is 16.0 Å². The van der Waals surface area contributed by atoms with Crippen LogP contribution in [-0.2, 0) is 20.5 Å². The third-order valence-electron chi connectivity index (χ3n) is 5.18. The maximum absolute atomic E-state index is 13.3. The van der Waals surface area contributed by atoms with Gasteiger partial charge in [-0.25, -0.2) is 9.59 Å². The first-order chi connectivity index (χ1) is 17.4. The van der Waals surface area contributed by atoms with Gasteiger partial charge in [0, 0.05) is 28.0 Å². The summed E-state index contributed by atoms with van der Waals surface area (Å²) >= 11 is 6.24. The van der Waals surface area contributed by atoms with E-state index in [1.54, 1.807) is 6.92 Å². The standard InChI is InChI=1S/C24H23ClF3N3O6/c1-4-36-18(32)11-37-21-16(9-14(25)10-17(21)35-3)20-19(12(2)29-23(34)31-20)22(33)30-15-7-5-6-13(8-15)24(26,27)28/h5-10,20H,4,11H2,1-3H3,(H,30,33)(H2,29,31,34)/t20-/m0/s1. The number of amides is 3. The molecule has 198 valence electrons. The lowest BCUT2D eigenvalue weighted by Crippen LogP contribution is -2.46. The molecule has 0 bridgehead atoms. The predicted molar refractivity (Wildman–Crippen MR) is 127 cm³/mol. The van der Waals surface area contributed by atoms with Crippen LogP contribution in [0, 0.1) is 0 Å². The number of halogens is 4. The van der Waals surface area contributed by atoms with Gasteiger partial charge >= 0.3 is 18.2 Å². The summed E-state index contributed by atoms with van der Waals surface area (Å²) in [6, 6.07) is 5.09. The zero-order chi connectivity index (χ0) is 27.3. The second-order valence-corrected chi connectivity index (χ2v) is 8.16. The maximum Gasteiger partial charge on any atom is 0.416 e. The van der Waals surface area contributed by atoms with Gasteiger partial charge in [0.1, 0.15) is 0 Å². The summed E-state index contributed by atoms with van der Waals surface area (Å²) in [5, 5.41) is 7.66. The van der Waals surface area contributed by atoms with Gasteiger partial charge in [0.15, 0.2) is 18.1 Å². The molecule has 0 unspecified atom stereocenters. The molecule has 0 saturated carbocycles. The SMILES string of the molecule is CCOC(=O)COc1c(OC)cc(Cl)cc1[C@@H]1NC(=O)NC(C)=C1C(=O)Nc1cccc(C(F)(F)F)c1. The molecule has 0 fully saturated rings. The van der Waals surface area contributed by atoms with Crippen LogP contribution in [0.4, 0.5) is 23.7 Å². The summed E-state index contributed by atoms with van der Waals surface area (Å²) in [6.45, 7) is 2.69. The van der Waals surface area contributed by atoms with E-state index >= 15 is 0 Å². The molecule has 2 aromatic rings. The summed E-state index contributed by atoms with van der Waals surface area (Å²) in [5.74, 6) is -1.36. The normalized spacial score (nSPS) is 15.4. The quantitative estimate of drug-likeness (QED) is 0.422. The zero-order valence-corrected chi connectivity index (χ0v) is 20.7. The molecule has 0 spiro atoms. The lowest BCUT2D eigenvalue weighted by atomic mass is 9.93. The summed E-state index contributed by atoms with van der Waals surface area (Å²) in [4.78, 5) is 37.6. The Morgan fingerprint density at radius 1 is 1.19 bits per heavy atom. The topological polar surface area (TPSA) is 115 Å². The van der Waals surface area contributed by atoms with Gasteiger partial charge in [-0.3, -0.25) is 4.79 Å². The number of methoxy groups -OCH3 is 1. The molecular weight excluding hydrogens is 519 g/mol. The summed E-state index contributed by atoms with van der Waals surface area (Å²) in [6.07, 6.45) is -4.61. The Hall–Kier alpha value is -3.93. The minimum absolute atomic E-state index is 0.00400. The Labute approximate surface area is 214 Å². The Kier molecular flexibility index (Phi) is 8.53. The summed E-state index contributed by atoms with van der Waals surface area (Å²) in [5.41, 5.74) is -0.803. The smallest absolute Gasteiger partial charge is 0.416 e. The molecule has 1 heterocycles. The first-order valence-electron chi connectivity index (χ1n) is 10.9. The molecular formula is C24H23ClF3N3O6. The number of esters is 1. The largest absolute Gasteiger partial charge is 0.493 e. The number of allylic oxidation sites excluding steroid dienone is 1. The van der Waals surface area contributed by atoms with Crippen LogP contribution in [-0.4, -0.2) is 38.2 Å². The molecule has 13 heteroatoms. The van der Waals surface area contributed by atoms with Crippen molar-refractivity contribution in [1.29, 1.82) is 0 Å². The maximum atomic E-state index is 13.3. The van der Waals surface area contributed by atoms with Gasteiger partial charge in [-0.2, -0.15) is 13.2 Å². The first-order valence-corrected chi connectivity index (χ1v) is 11.2. The molecule has 0 aliphatic carbocycles. The number of ether oxygens (including phenoxy) is 3.